The van der Waals surface area contributed by atoms with Crippen molar-refractivity contribution in [2.24, 2.45) is 0 Å². The number of carbonyl (C=O) groups is 2. The van der Waals surface area contributed by atoms with Gasteiger partial charge in [0.15, 0.2) is 11.5 Å². The first-order valence-corrected chi connectivity index (χ1v) is 10.4. The van der Waals surface area contributed by atoms with Crippen LogP contribution in [0.1, 0.15) is 5.56 Å². The van der Waals surface area contributed by atoms with Crippen molar-refractivity contribution in [3.05, 3.63) is 48.0 Å². The lowest BCUT2D eigenvalue weighted by Gasteiger charge is -2.18. The predicted octanol–water partition coefficient (Wildman–Crippen LogP) is 2.80. The highest BCUT2D eigenvalue weighted by molar-refractivity contribution is 8.00. The number of nitrogens with one attached hydrogen (secondary N) is 2. The van der Waals surface area contributed by atoms with Crippen molar-refractivity contribution in [3.8, 4) is 11.5 Å². The molecule has 0 saturated carbocycles. The zero-order chi connectivity index (χ0) is 19.1. The van der Waals surface area contributed by atoms with E-state index in [9.17, 15) is 9.59 Å². The highest BCUT2D eigenvalue weighted by Gasteiger charge is 2.13. The number of hydrogen-bond donors (Lipinski definition) is 2. The largest absolute Gasteiger partial charge is 0.486 e. The Hall–Kier alpha value is -2.32. The first-order valence-electron chi connectivity index (χ1n) is 8.40. The molecule has 0 atom stereocenters. The molecule has 0 radical (unpaired) electrons. The van der Waals surface area contributed by atoms with Crippen LogP contribution < -0.4 is 20.3 Å². The van der Waals surface area contributed by atoms with Crippen molar-refractivity contribution in [1.82, 2.24) is 10.9 Å². The van der Waals surface area contributed by atoms with Crippen molar-refractivity contribution in [1.29, 1.82) is 0 Å². The van der Waals surface area contributed by atoms with Crippen molar-refractivity contribution in [3.63, 3.8) is 0 Å². The van der Waals surface area contributed by atoms with Gasteiger partial charge in [-0.1, -0.05) is 17.7 Å². The highest BCUT2D eigenvalue weighted by atomic mass is 32.2. The molecule has 0 unspecified atom stereocenters. The third-order valence-electron chi connectivity index (χ3n) is 3.62. The summed E-state index contributed by atoms with van der Waals surface area (Å²) >= 11 is 2.78. The third-order valence-corrected chi connectivity index (χ3v) is 5.62. The molecule has 0 saturated heterocycles. The van der Waals surface area contributed by atoms with Crippen LogP contribution in [0.4, 0.5) is 0 Å². The second kappa shape index (κ2) is 9.57. The zero-order valence-corrected chi connectivity index (χ0v) is 16.5. The van der Waals surface area contributed by atoms with Gasteiger partial charge in [-0.3, -0.25) is 20.4 Å². The van der Waals surface area contributed by atoms with Gasteiger partial charge in [0.05, 0.1) is 11.5 Å². The number of carbonyl (C=O) groups excluding carboxylic acids is 2. The number of rotatable bonds is 6. The van der Waals surface area contributed by atoms with Gasteiger partial charge in [0.25, 0.3) is 0 Å². The number of ether oxygens (including phenoxy) is 2. The minimum Gasteiger partial charge on any atom is -0.486 e. The molecule has 6 nitrogen and oxygen atoms in total. The van der Waals surface area contributed by atoms with Crippen molar-refractivity contribution < 1.29 is 19.1 Å². The second-order valence-corrected chi connectivity index (χ2v) is 7.89. The maximum absolute atomic E-state index is 11.9. The van der Waals surface area contributed by atoms with E-state index in [2.05, 4.69) is 10.9 Å². The molecule has 2 amide bonds. The van der Waals surface area contributed by atoms with Crippen LogP contribution in [0, 0.1) is 6.92 Å². The molecule has 3 rings (SSSR count). The van der Waals surface area contributed by atoms with Crippen LogP contribution in [0.3, 0.4) is 0 Å². The molecule has 0 bridgehead atoms. The summed E-state index contributed by atoms with van der Waals surface area (Å²) in [5, 5.41) is 0. The van der Waals surface area contributed by atoms with Gasteiger partial charge in [0, 0.05) is 9.79 Å². The van der Waals surface area contributed by atoms with Crippen LogP contribution in [0.25, 0.3) is 0 Å². The minimum atomic E-state index is -0.274. The fourth-order valence-corrected chi connectivity index (χ4v) is 3.68. The number of hydrazine groups is 1. The van der Waals surface area contributed by atoms with E-state index >= 15 is 0 Å². The monoisotopic (exact) mass is 404 g/mol. The summed E-state index contributed by atoms with van der Waals surface area (Å²) in [5.74, 6) is 1.30. The minimum absolute atomic E-state index is 0.186. The molecule has 0 aliphatic carbocycles. The average molecular weight is 405 g/mol. The number of benzene rings is 2. The molecular formula is C19H20N2O4S2. The van der Waals surface area contributed by atoms with E-state index in [1.54, 1.807) is 0 Å². The fraction of sp³-hybridized carbons (Fsp3) is 0.263. The molecule has 8 heteroatoms. The normalized spacial score (nSPS) is 12.3. The van der Waals surface area contributed by atoms with E-state index in [0.717, 1.165) is 9.79 Å². The molecule has 1 aliphatic heterocycles. The van der Waals surface area contributed by atoms with Crippen LogP contribution in [0.15, 0.2) is 52.3 Å². The van der Waals surface area contributed by atoms with E-state index in [-0.39, 0.29) is 23.3 Å². The topological polar surface area (TPSA) is 76.7 Å². The van der Waals surface area contributed by atoms with Gasteiger partial charge < -0.3 is 9.47 Å². The Morgan fingerprint density at radius 3 is 2.07 bits per heavy atom. The van der Waals surface area contributed by atoms with Crippen molar-refractivity contribution in [2.45, 2.75) is 16.7 Å². The third kappa shape index (κ3) is 6.11. The Bertz CT molecular complexity index is 812. The summed E-state index contributed by atoms with van der Waals surface area (Å²) in [6.07, 6.45) is 0. The number of fused-ring (bicyclic) bond motifs is 1. The SMILES string of the molecule is Cc1ccc(SCC(=O)NNC(=O)CSc2ccc3c(c2)OCCO3)cc1. The van der Waals surface area contributed by atoms with Gasteiger partial charge in [-0.15, -0.1) is 23.5 Å². The number of hydrogen-bond acceptors (Lipinski definition) is 6. The van der Waals surface area contributed by atoms with Crippen LogP contribution in [-0.2, 0) is 9.59 Å². The van der Waals surface area contributed by atoms with Crippen molar-refractivity contribution >= 4 is 35.3 Å². The number of amides is 2. The summed E-state index contributed by atoms with van der Waals surface area (Å²) in [7, 11) is 0. The molecule has 0 fully saturated rings. The van der Waals surface area contributed by atoms with Crippen molar-refractivity contribution in [2.75, 3.05) is 24.7 Å². The summed E-state index contributed by atoms with van der Waals surface area (Å²) < 4.78 is 11.0. The van der Waals surface area contributed by atoms with Gasteiger partial charge in [-0.05, 0) is 37.3 Å². The lowest BCUT2D eigenvalue weighted by molar-refractivity contribution is -0.126. The Morgan fingerprint density at radius 2 is 1.41 bits per heavy atom. The highest BCUT2D eigenvalue weighted by Crippen LogP contribution is 2.34. The summed E-state index contributed by atoms with van der Waals surface area (Å²) in [6, 6.07) is 13.5. The molecule has 142 valence electrons. The second-order valence-electron chi connectivity index (χ2n) is 5.79. The van der Waals surface area contributed by atoms with Crippen LogP contribution >= 0.6 is 23.5 Å². The van der Waals surface area contributed by atoms with Crippen LogP contribution in [0.5, 0.6) is 11.5 Å². The Balaban J connectivity index is 1.36. The van der Waals surface area contributed by atoms with E-state index in [1.807, 2.05) is 49.4 Å². The average Bonchev–Trinajstić information content (AvgIpc) is 2.70. The molecular weight excluding hydrogens is 384 g/mol. The molecule has 0 spiro atoms. The van der Waals surface area contributed by atoms with Gasteiger partial charge in [0.1, 0.15) is 13.2 Å². The lowest BCUT2D eigenvalue weighted by atomic mass is 10.2. The lowest BCUT2D eigenvalue weighted by Crippen LogP contribution is -2.43. The van der Waals surface area contributed by atoms with Gasteiger partial charge in [-0.2, -0.15) is 0 Å². The molecule has 0 aromatic heterocycles. The van der Waals surface area contributed by atoms with Gasteiger partial charge >= 0.3 is 0 Å². The number of thioether (sulfide) groups is 2. The molecule has 1 heterocycles. The quantitative estimate of drug-likeness (QED) is 0.570. The Kier molecular flexibility index (Phi) is 6.89. The molecule has 1 aliphatic rings. The molecule has 2 aromatic rings. The Labute approximate surface area is 166 Å². The molecule has 2 N–H and O–H groups in total. The Morgan fingerprint density at radius 1 is 0.852 bits per heavy atom. The fourth-order valence-electron chi connectivity index (χ4n) is 2.26. The van der Waals surface area contributed by atoms with Gasteiger partial charge in [-0.25, -0.2) is 0 Å². The standard InChI is InChI=1S/C19H20N2O4S2/c1-13-2-4-14(5-3-13)26-11-18(22)20-21-19(23)12-27-15-6-7-16-17(10-15)25-9-8-24-16/h2-7,10H,8-9,11-12H2,1H3,(H,20,22)(H,21,23). The van der Waals surface area contributed by atoms with Crippen LogP contribution in [-0.4, -0.2) is 36.5 Å². The van der Waals surface area contributed by atoms with E-state index in [1.165, 1.54) is 29.1 Å². The maximum Gasteiger partial charge on any atom is 0.248 e. The molecule has 27 heavy (non-hydrogen) atoms. The van der Waals surface area contributed by atoms with Crippen LogP contribution in [0.2, 0.25) is 0 Å². The van der Waals surface area contributed by atoms with E-state index < -0.39 is 0 Å². The van der Waals surface area contributed by atoms with Gasteiger partial charge in [0.2, 0.25) is 11.8 Å². The first-order chi connectivity index (χ1) is 13.1. The summed E-state index contributed by atoms with van der Waals surface area (Å²) in [4.78, 5) is 25.7. The molecule has 2 aromatic carbocycles. The predicted molar refractivity (Wildman–Crippen MR) is 106 cm³/mol. The summed E-state index contributed by atoms with van der Waals surface area (Å²) in [6.45, 7) is 3.08. The number of aryl methyl sites for hydroxylation is 1. The summed E-state index contributed by atoms with van der Waals surface area (Å²) in [5.41, 5.74) is 6.04. The van der Waals surface area contributed by atoms with E-state index in [4.69, 9.17) is 9.47 Å². The van der Waals surface area contributed by atoms with E-state index in [0.29, 0.717) is 24.7 Å². The first kappa shape index (κ1) is 19.4. The smallest absolute Gasteiger partial charge is 0.248 e. The maximum atomic E-state index is 11.9. The zero-order valence-electron chi connectivity index (χ0n) is 14.8.